The van der Waals surface area contributed by atoms with Crippen LogP contribution in [0.15, 0.2) is 18.2 Å². The molecule has 1 unspecified atom stereocenters. The van der Waals surface area contributed by atoms with Crippen molar-refractivity contribution in [2.45, 2.75) is 50.7 Å². The number of hydrogen-bond donors (Lipinski definition) is 0. The maximum absolute atomic E-state index is 14.9. The Hall–Kier alpha value is -3.15. The van der Waals surface area contributed by atoms with Crippen LogP contribution in [0.1, 0.15) is 50.0 Å². The van der Waals surface area contributed by atoms with Gasteiger partial charge in [0, 0.05) is 7.05 Å². The molecule has 2 saturated heterocycles. The molecule has 0 radical (unpaired) electrons. The van der Waals surface area contributed by atoms with Crippen LogP contribution >= 0.6 is 11.8 Å². The first kappa shape index (κ1) is 25.9. The van der Waals surface area contributed by atoms with E-state index in [4.69, 9.17) is 14.2 Å². The second kappa shape index (κ2) is 11.3. The number of ether oxygens (including phenoxy) is 3. The molecule has 0 spiro atoms. The highest BCUT2D eigenvalue weighted by Gasteiger charge is 2.38. The van der Waals surface area contributed by atoms with Crippen molar-refractivity contribution in [2.24, 2.45) is 5.92 Å². The first-order valence-electron chi connectivity index (χ1n) is 12.2. The van der Waals surface area contributed by atoms with Gasteiger partial charge >= 0.3 is 18.2 Å². The number of rotatable bonds is 6. The number of amides is 2. The van der Waals surface area contributed by atoms with Crippen LogP contribution in [0.2, 0.25) is 0 Å². The maximum Gasteiger partial charge on any atom is 0.416 e. The standard InChI is InChI=1S/C24H31FN2O8S/c1-26(23(31)34-13-33-21(29)14-5-3-2-4-6-14)19-12-27(24(32)35-19)15-7-8-16(18(25)11-15)17-9-10-36-22(30)20(17)28/h7-8,11,14,17,19H,2-6,9-10,12-13H2,1H3,36H4/t17?,19-/m0/s1. The first-order valence-corrected chi connectivity index (χ1v) is 13.9. The van der Waals surface area contributed by atoms with Crippen molar-refractivity contribution in [2.75, 3.05) is 31.0 Å². The van der Waals surface area contributed by atoms with Gasteiger partial charge in [0.05, 0.1) is 24.1 Å². The first-order chi connectivity index (χ1) is 17.3. The smallest absolute Gasteiger partial charge is 0.416 e. The van der Waals surface area contributed by atoms with Gasteiger partial charge in [-0.15, -0.1) is 0 Å². The van der Waals surface area contributed by atoms with E-state index in [1.165, 1.54) is 19.2 Å². The molecule has 0 aromatic heterocycles. The number of anilines is 1. The molecule has 2 heterocycles. The fourth-order valence-electron chi connectivity index (χ4n) is 4.85. The van der Waals surface area contributed by atoms with Gasteiger partial charge in [-0.1, -0.05) is 25.3 Å². The van der Waals surface area contributed by atoms with E-state index < -0.39 is 60.5 Å². The molecule has 2 aliphatic heterocycles. The number of hydrogen-bond acceptors (Lipinski definition) is 8. The summed E-state index contributed by atoms with van der Waals surface area (Å²) in [7, 11) is 1.37. The Labute approximate surface area is 211 Å². The van der Waals surface area contributed by atoms with Crippen LogP contribution in [0.5, 0.6) is 0 Å². The number of ketones is 1. The van der Waals surface area contributed by atoms with Gasteiger partial charge in [-0.3, -0.25) is 35.9 Å². The zero-order chi connectivity index (χ0) is 25.8. The molecule has 0 N–H and O–H groups in total. The normalized spacial score (nSPS) is 23.1. The van der Waals surface area contributed by atoms with Gasteiger partial charge in [-0.25, -0.2) is 14.0 Å². The molecule has 4 rings (SSSR count). The van der Waals surface area contributed by atoms with Gasteiger partial charge in [0.1, 0.15) is 5.82 Å². The summed E-state index contributed by atoms with van der Waals surface area (Å²) in [6.45, 7) is -0.627. The van der Waals surface area contributed by atoms with E-state index in [0.29, 0.717) is 12.2 Å². The summed E-state index contributed by atoms with van der Waals surface area (Å²) in [5.41, 5.74) is 0.328. The van der Waals surface area contributed by atoms with E-state index in [-0.39, 0.29) is 28.8 Å². The number of halogens is 1. The molecule has 0 bridgehead atoms. The summed E-state index contributed by atoms with van der Waals surface area (Å²) in [6, 6.07) is 4.01. The monoisotopic (exact) mass is 526 g/mol. The van der Waals surface area contributed by atoms with Crippen molar-refractivity contribution in [3.8, 4) is 0 Å². The highest BCUT2D eigenvalue weighted by atomic mass is 32.2. The lowest BCUT2D eigenvalue weighted by molar-refractivity contribution is -0.158. The molecular formula is C24H31FN2O8S. The fraction of sp³-hybridized carbons (Fsp3) is 0.542. The van der Waals surface area contributed by atoms with Gasteiger partial charge in [-0.05, 0) is 42.7 Å². The van der Waals surface area contributed by atoms with Crippen molar-refractivity contribution < 1.29 is 42.6 Å². The van der Waals surface area contributed by atoms with E-state index in [9.17, 15) is 28.4 Å². The minimum absolute atomic E-state index is 0.0858. The second-order valence-corrected chi connectivity index (χ2v) is 11.2. The summed E-state index contributed by atoms with van der Waals surface area (Å²) >= 11 is -1.07. The van der Waals surface area contributed by atoms with Crippen LogP contribution < -0.4 is 4.90 Å². The van der Waals surface area contributed by atoms with Crippen molar-refractivity contribution >= 4 is 46.5 Å². The third kappa shape index (κ3) is 5.63. The van der Waals surface area contributed by atoms with E-state index >= 15 is 0 Å². The highest BCUT2D eigenvalue weighted by Crippen LogP contribution is 2.34. The summed E-state index contributed by atoms with van der Waals surface area (Å²) in [6.07, 6.45) is 2.36. The fourth-order valence-corrected chi connectivity index (χ4v) is 6.28. The molecule has 1 aromatic carbocycles. The second-order valence-electron chi connectivity index (χ2n) is 9.32. The topological polar surface area (TPSA) is 120 Å². The largest absolute Gasteiger partial charge is 0.428 e. The average molecular weight is 527 g/mol. The molecule has 1 aliphatic carbocycles. The number of Topliss-reactive ketones (excluding diaryl/α,β-unsaturated/α-hetero) is 1. The summed E-state index contributed by atoms with van der Waals surface area (Å²) in [4.78, 5) is 63.0. The lowest BCUT2D eigenvalue weighted by Crippen LogP contribution is -2.40. The molecular weight excluding hydrogens is 495 g/mol. The Bertz CT molecular complexity index is 1060. The number of likely N-dealkylation sites (N-methyl/N-ethyl adjacent to an activating group) is 1. The Morgan fingerprint density at radius 1 is 1.14 bits per heavy atom. The van der Waals surface area contributed by atoms with Crippen molar-refractivity contribution in [1.29, 1.82) is 0 Å². The maximum atomic E-state index is 14.9. The molecule has 36 heavy (non-hydrogen) atoms. The van der Waals surface area contributed by atoms with Gasteiger partial charge in [0.15, 0.2) is 6.23 Å². The molecule has 3 aliphatic rings. The molecule has 12 heteroatoms. The Balaban J connectivity index is 1.32. The van der Waals surface area contributed by atoms with Crippen LogP contribution in [0.3, 0.4) is 0 Å². The third-order valence-electron chi connectivity index (χ3n) is 7.00. The number of benzene rings is 1. The van der Waals surface area contributed by atoms with Crippen LogP contribution in [-0.2, 0) is 28.6 Å². The lowest BCUT2D eigenvalue weighted by atomic mass is 9.89. The van der Waals surface area contributed by atoms with E-state index in [0.717, 1.165) is 48.0 Å². The number of carbonyl (C=O) groups is 5. The molecule has 3 fully saturated rings. The Morgan fingerprint density at radius 3 is 2.61 bits per heavy atom. The number of nitrogens with zero attached hydrogens (tertiary/aromatic N) is 2. The van der Waals surface area contributed by atoms with Crippen molar-refractivity contribution in [3.63, 3.8) is 0 Å². The highest BCUT2D eigenvalue weighted by molar-refractivity contribution is 8.15. The zero-order valence-electron chi connectivity index (χ0n) is 20.1. The zero-order valence-corrected chi connectivity index (χ0v) is 21.5. The Morgan fingerprint density at radius 2 is 1.89 bits per heavy atom. The average Bonchev–Trinajstić information content (AvgIpc) is 3.27. The molecule has 1 aromatic rings. The lowest BCUT2D eigenvalue weighted by Gasteiger charge is -2.23. The van der Waals surface area contributed by atoms with E-state index in [1.54, 1.807) is 0 Å². The van der Waals surface area contributed by atoms with Crippen LogP contribution in [-0.4, -0.2) is 66.3 Å². The molecule has 2 amide bonds. The van der Waals surface area contributed by atoms with Gasteiger partial charge in [0.2, 0.25) is 17.7 Å². The third-order valence-corrected chi connectivity index (χ3v) is 8.56. The number of esters is 1. The van der Waals surface area contributed by atoms with E-state index in [1.807, 2.05) is 0 Å². The minimum atomic E-state index is -1.07. The molecule has 10 nitrogen and oxygen atoms in total. The quantitative estimate of drug-likeness (QED) is 0.315. The van der Waals surface area contributed by atoms with Crippen LogP contribution in [0.25, 0.3) is 0 Å². The predicted molar refractivity (Wildman–Crippen MR) is 131 cm³/mol. The Kier molecular flexibility index (Phi) is 8.12. The molecule has 198 valence electrons. The molecule has 1 saturated carbocycles. The van der Waals surface area contributed by atoms with Crippen LogP contribution in [0, 0.1) is 11.7 Å². The molecule has 2 atom stereocenters. The van der Waals surface area contributed by atoms with Crippen LogP contribution in [0.4, 0.5) is 19.7 Å². The summed E-state index contributed by atoms with van der Waals surface area (Å²) < 4.78 is 30.2. The van der Waals surface area contributed by atoms with E-state index in [2.05, 4.69) is 0 Å². The number of cyclic esters (lactones) is 1. The van der Waals surface area contributed by atoms with Gasteiger partial charge < -0.3 is 14.2 Å². The SMILES string of the molecule is CN(C(=O)OCOC(=O)C1CCCCC1)[C@@H]1CN(c2ccc(C3CC[SH4]C(=O)C3=O)c(F)c2)C(=O)O1. The van der Waals surface area contributed by atoms with Gasteiger partial charge in [0.25, 0.3) is 0 Å². The van der Waals surface area contributed by atoms with Gasteiger partial charge in [-0.2, -0.15) is 0 Å². The number of carbonyl (C=O) groups excluding carboxylic acids is 5. The predicted octanol–water partition coefficient (Wildman–Crippen LogP) is 2.50. The van der Waals surface area contributed by atoms with Crippen molar-refractivity contribution in [3.05, 3.63) is 29.6 Å². The van der Waals surface area contributed by atoms with Crippen molar-refractivity contribution in [1.82, 2.24) is 4.90 Å². The summed E-state index contributed by atoms with van der Waals surface area (Å²) in [5.74, 6) is -1.94. The minimum Gasteiger partial charge on any atom is -0.428 e. The summed E-state index contributed by atoms with van der Waals surface area (Å²) in [5, 5.41) is -0.362.